The second-order valence-corrected chi connectivity index (χ2v) is 9.09. The SMILES string of the molecule is Cc1ccc2sc(N3CCN(C(=O)c4cc(Br)ccc4Cl)CC3)nc2c1C. The molecule has 1 amide bonds. The van der Waals surface area contributed by atoms with Crippen molar-refractivity contribution in [1.82, 2.24) is 9.88 Å². The minimum atomic E-state index is -0.0169. The van der Waals surface area contributed by atoms with Crippen molar-refractivity contribution in [3.05, 3.63) is 56.5 Å². The number of anilines is 1. The van der Waals surface area contributed by atoms with Crippen LogP contribution in [0.3, 0.4) is 0 Å². The van der Waals surface area contributed by atoms with E-state index in [0.29, 0.717) is 23.7 Å². The van der Waals surface area contributed by atoms with E-state index in [1.807, 2.05) is 11.0 Å². The Morgan fingerprint density at radius 2 is 1.89 bits per heavy atom. The average Bonchev–Trinajstić information content (AvgIpc) is 3.11. The van der Waals surface area contributed by atoms with Gasteiger partial charge >= 0.3 is 0 Å². The largest absolute Gasteiger partial charge is 0.345 e. The minimum absolute atomic E-state index is 0.0169. The Labute approximate surface area is 175 Å². The Hall–Kier alpha value is -1.63. The van der Waals surface area contributed by atoms with Crippen molar-refractivity contribution in [1.29, 1.82) is 0 Å². The van der Waals surface area contributed by atoms with E-state index in [9.17, 15) is 4.79 Å². The minimum Gasteiger partial charge on any atom is -0.345 e. The van der Waals surface area contributed by atoms with Crippen molar-refractivity contribution in [2.24, 2.45) is 0 Å². The van der Waals surface area contributed by atoms with E-state index in [1.165, 1.54) is 15.8 Å². The Morgan fingerprint density at radius 3 is 2.63 bits per heavy atom. The Morgan fingerprint density at radius 1 is 1.15 bits per heavy atom. The van der Waals surface area contributed by atoms with Gasteiger partial charge in [-0.25, -0.2) is 4.98 Å². The summed E-state index contributed by atoms with van der Waals surface area (Å²) in [7, 11) is 0. The van der Waals surface area contributed by atoms with Crippen molar-refractivity contribution in [2.45, 2.75) is 13.8 Å². The normalized spacial score (nSPS) is 14.8. The van der Waals surface area contributed by atoms with E-state index in [2.05, 4.69) is 46.8 Å². The quantitative estimate of drug-likeness (QED) is 0.517. The Bertz CT molecular complexity index is 1030. The van der Waals surface area contributed by atoms with Gasteiger partial charge in [0.15, 0.2) is 5.13 Å². The molecule has 4 nitrogen and oxygen atoms in total. The summed E-state index contributed by atoms with van der Waals surface area (Å²) in [5, 5.41) is 1.52. The van der Waals surface area contributed by atoms with Gasteiger partial charge in [-0.1, -0.05) is 44.9 Å². The zero-order valence-corrected chi connectivity index (χ0v) is 18.3. The van der Waals surface area contributed by atoms with Crippen molar-refractivity contribution in [3.8, 4) is 0 Å². The number of piperazine rings is 1. The first-order valence-electron chi connectivity index (χ1n) is 8.80. The molecule has 1 saturated heterocycles. The summed E-state index contributed by atoms with van der Waals surface area (Å²) in [6.45, 7) is 7.11. The molecule has 4 rings (SSSR count). The average molecular weight is 465 g/mol. The third-order valence-electron chi connectivity index (χ3n) is 5.07. The lowest BCUT2D eigenvalue weighted by Crippen LogP contribution is -2.48. The first kappa shape index (κ1) is 18.7. The van der Waals surface area contributed by atoms with E-state index < -0.39 is 0 Å². The molecule has 2 heterocycles. The van der Waals surface area contributed by atoms with Gasteiger partial charge in [0.05, 0.1) is 20.8 Å². The Balaban J connectivity index is 1.50. The van der Waals surface area contributed by atoms with Crippen LogP contribution in [0.4, 0.5) is 5.13 Å². The van der Waals surface area contributed by atoms with Crippen LogP contribution in [0.1, 0.15) is 21.5 Å². The topological polar surface area (TPSA) is 36.4 Å². The number of amides is 1. The molecule has 0 atom stereocenters. The number of rotatable bonds is 2. The van der Waals surface area contributed by atoms with Gasteiger partial charge in [-0.15, -0.1) is 0 Å². The van der Waals surface area contributed by atoms with E-state index in [0.717, 1.165) is 28.2 Å². The van der Waals surface area contributed by atoms with Crippen molar-refractivity contribution in [2.75, 3.05) is 31.1 Å². The molecule has 1 aliphatic heterocycles. The molecule has 1 aliphatic rings. The summed E-state index contributed by atoms with van der Waals surface area (Å²) in [5.41, 5.74) is 4.15. The molecule has 1 fully saturated rings. The molecule has 0 spiro atoms. The summed E-state index contributed by atoms with van der Waals surface area (Å²) >= 11 is 11.4. The number of aromatic nitrogens is 1. The van der Waals surface area contributed by atoms with Gasteiger partial charge in [0, 0.05) is 30.7 Å². The van der Waals surface area contributed by atoms with Crippen LogP contribution in [-0.4, -0.2) is 42.0 Å². The number of nitrogens with zero attached hydrogens (tertiary/aromatic N) is 3. The molecule has 0 aliphatic carbocycles. The summed E-state index contributed by atoms with van der Waals surface area (Å²) < 4.78 is 2.07. The van der Waals surface area contributed by atoms with E-state index >= 15 is 0 Å². The lowest BCUT2D eigenvalue weighted by molar-refractivity contribution is 0.0747. The van der Waals surface area contributed by atoms with Gasteiger partial charge in [-0.3, -0.25) is 4.79 Å². The number of fused-ring (bicyclic) bond motifs is 1. The molecular weight excluding hydrogens is 446 g/mol. The van der Waals surface area contributed by atoms with E-state index in [1.54, 1.807) is 23.5 Å². The number of hydrogen-bond donors (Lipinski definition) is 0. The standard InChI is InChI=1S/C20H19BrClN3OS/c1-12-3-6-17-18(13(12)2)23-20(27-17)25-9-7-24(8-10-25)19(26)15-11-14(21)4-5-16(15)22/h3-6,11H,7-10H2,1-2H3. The fourth-order valence-electron chi connectivity index (χ4n) is 3.28. The monoisotopic (exact) mass is 463 g/mol. The van der Waals surface area contributed by atoms with Crippen LogP contribution >= 0.6 is 38.9 Å². The van der Waals surface area contributed by atoms with Crippen LogP contribution in [0.5, 0.6) is 0 Å². The lowest BCUT2D eigenvalue weighted by atomic mass is 10.1. The second kappa shape index (κ2) is 7.41. The second-order valence-electron chi connectivity index (χ2n) is 6.75. The molecule has 27 heavy (non-hydrogen) atoms. The third-order valence-corrected chi connectivity index (χ3v) is 6.97. The number of aryl methyl sites for hydroxylation is 2. The van der Waals surface area contributed by atoms with Gasteiger partial charge in [0.25, 0.3) is 5.91 Å². The summed E-state index contributed by atoms with van der Waals surface area (Å²) in [6.07, 6.45) is 0. The highest BCUT2D eigenvalue weighted by molar-refractivity contribution is 9.10. The number of carbonyl (C=O) groups excluding carboxylic acids is 1. The number of benzene rings is 2. The highest BCUT2D eigenvalue weighted by Gasteiger charge is 2.25. The molecule has 2 aromatic carbocycles. The third kappa shape index (κ3) is 3.58. The predicted octanol–water partition coefficient (Wildman–Crippen LogP) is 5.29. The predicted molar refractivity (Wildman–Crippen MR) is 116 cm³/mol. The Kier molecular flexibility index (Phi) is 5.14. The number of halogens is 2. The van der Waals surface area contributed by atoms with E-state index in [4.69, 9.17) is 16.6 Å². The maximum atomic E-state index is 12.8. The smallest absolute Gasteiger partial charge is 0.255 e. The van der Waals surface area contributed by atoms with Gasteiger partial charge in [0.1, 0.15) is 0 Å². The molecule has 140 valence electrons. The molecule has 0 unspecified atom stereocenters. The summed E-state index contributed by atoms with van der Waals surface area (Å²) in [5.74, 6) is -0.0169. The van der Waals surface area contributed by atoms with Crippen molar-refractivity contribution >= 4 is 60.1 Å². The summed E-state index contributed by atoms with van der Waals surface area (Å²) in [4.78, 5) is 21.8. The van der Waals surface area contributed by atoms with Gasteiger partial charge in [0.2, 0.25) is 0 Å². The van der Waals surface area contributed by atoms with Crippen molar-refractivity contribution < 1.29 is 4.79 Å². The van der Waals surface area contributed by atoms with Crippen molar-refractivity contribution in [3.63, 3.8) is 0 Å². The molecule has 1 aromatic heterocycles. The van der Waals surface area contributed by atoms with Crippen LogP contribution in [0, 0.1) is 13.8 Å². The molecule has 0 saturated carbocycles. The van der Waals surface area contributed by atoms with Crippen LogP contribution in [0.2, 0.25) is 5.02 Å². The highest BCUT2D eigenvalue weighted by Crippen LogP contribution is 2.32. The molecule has 7 heteroatoms. The number of carbonyl (C=O) groups is 1. The molecular formula is C20H19BrClN3OS. The van der Waals surface area contributed by atoms with E-state index in [-0.39, 0.29) is 5.91 Å². The summed E-state index contributed by atoms with van der Waals surface area (Å²) in [6, 6.07) is 9.68. The first-order valence-corrected chi connectivity index (χ1v) is 10.8. The maximum absolute atomic E-state index is 12.8. The van der Waals surface area contributed by atoms with Gasteiger partial charge < -0.3 is 9.80 Å². The van der Waals surface area contributed by atoms with Crippen LogP contribution in [0.15, 0.2) is 34.8 Å². The molecule has 0 bridgehead atoms. The van der Waals surface area contributed by atoms with Crippen LogP contribution < -0.4 is 4.90 Å². The fourth-order valence-corrected chi connectivity index (χ4v) is 4.92. The number of hydrogen-bond acceptors (Lipinski definition) is 4. The lowest BCUT2D eigenvalue weighted by Gasteiger charge is -2.34. The van der Waals surface area contributed by atoms with Gasteiger partial charge in [-0.05, 0) is 49.2 Å². The number of thiazole rings is 1. The maximum Gasteiger partial charge on any atom is 0.255 e. The zero-order valence-electron chi connectivity index (χ0n) is 15.1. The van der Waals surface area contributed by atoms with Crippen LogP contribution in [-0.2, 0) is 0 Å². The highest BCUT2D eigenvalue weighted by atomic mass is 79.9. The molecule has 0 radical (unpaired) electrons. The zero-order chi connectivity index (χ0) is 19.1. The first-order chi connectivity index (χ1) is 12.9. The van der Waals surface area contributed by atoms with Crippen LogP contribution in [0.25, 0.3) is 10.2 Å². The molecule has 3 aromatic rings. The van der Waals surface area contributed by atoms with Gasteiger partial charge in [-0.2, -0.15) is 0 Å². The fraction of sp³-hybridized carbons (Fsp3) is 0.300. The molecule has 0 N–H and O–H groups in total.